The fraction of sp³-hybridized carbons (Fsp3) is 0.636. The molecule has 16 heavy (non-hydrogen) atoms. The van der Waals surface area contributed by atoms with Crippen molar-refractivity contribution in [2.24, 2.45) is 11.7 Å². The van der Waals surface area contributed by atoms with Crippen molar-refractivity contribution in [3.63, 3.8) is 0 Å². The summed E-state index contributed by atoms with van der Waals surface area (Å²) in [5.74, 6) is 0.598. The van der Waals surface area contributed by atoms with Gasteiger partial charge in [0.15, 0.2) is 0 Å². The monoisotopic (exact) mass is 224 g/mol. The van der Waals surface area contributed by atoms with Crippen molar-refractivity contribution in [3.05, 3.63) is 18.2 Å². The van der Waals surface area contributed by atoms with Crippen LogP contribution in [-0.2, 0) is 11.3 Å². The second-order valence-electron chi connectivity index (χ2n) is 4.07. The van der Waals surface area contributed by atoms with E-state index in [2.05, 4.69) is 22.2 Å². The molecule has 1 rings (SSSR count). The van der Waals surface area contributed by atoms with Gasteiger partial charge in [0.05, 0.1) is 18.6 Å². The number of carbonyl (C=O) groups excluding carboxylic acids is 1. The Morgan fingerprint density at radius 2 is 2.44 bits per heavy atom. The highest BCUT2D eigenvalue weighted by molar-refractivity contribution is 5.75. The third-order valence-corrected chi connectivity index (χ3v) is 2.55. The number of aromatic amines is 1. The lowest BCUT2D eigenvalue weighted by Gasteiger charge is -2.09. The van der Waals surface area contributed by atoms with Crippen LogP contribution in [0, 0.1) is 5.92 Å². The molecule has 0 aliphatic carbocycles. The van der Waals surface area contributed by atoms with E-state index in [0.717, 1.165) is 18.5 Å². The summed E-state index contributed by atoms with van der Waals surface area (Å²) in [4.78, 5) is 18.3. The number of hydrogen-bond donors (Lipinski definition) is 3. The molecule has 1 aromatic heterocycles. The van der Waals surface area contributed by atoms with E-state index in [-0.39, 0.29) is 5.91 Å². The van der Waals surface area contributed by atoms with Crippen LogP contribution in [0.5, 0.6) is 0 Å². The Morgan fingerprint density at radius 3 is 3.06 bits per heavy atom. The molecule has 0 aromatic carbocycles. The first-order chi connectivity index (χ1) is 7.72. The van der Waals surface area contributed by atoms with Crippen molar-refractivity contribution in [1.82, 2.24) is 15.3 Å². The SMILES string of the molecule is CC(CCN)CCC(=O)NCc1cnc[nH]1. The second-order valence-corrected chi connectivity index (χ2v) is 4.07. The number of rotatable bonds is 7. The highest BCUT2D eigenvalue weighted by atomic mass is 16.1. The molecular formula is C11H20N4O. The van der Waals surface area contributed by atoms with Gasteiger partial charge in [-0.05, 0) is 25.3 Å². The second kappa shape index (κ2) is 7.00. The van der Waals surface area contributed by atoms with E-state index >= 15 is 0 Å². The quantitative estimate of drug-likeness (QED) is 0.640. The van der Waals surface area contributed by atoms with Crippen LogP contribution >= 0.6 is 0 Å². The van der Waals surface area contributed by atoms with Crippen LogP contribution in [-0.4, -0.2) is 22.4 Å². The van der Waals surface area contributed by atoms with Gasteiger partial charge in [-0.15, -0.1) is 0 Å². The van der Waals surface area contributed by atoms with E-state index in [1.165, 1.54) is 0 Å². The molecule has 0 saturated carbocycles. The van der Waals surface area contributed by atoms with Gasteiger partial charge in [0.25, 0.3) is 0 Å². The number of nitrogens with two attached hydrogens (primary N) is 1. The molecule has 1 unspecified atom stereocenters. The smallest absolute Gasteiger partial charge is 0.220 e. The first-order valence-corrected chi connectivity index (χ1v) is 5.66. The summed E-state index contributed by atoms with van der Waals surface area (Å²) in [6.07, 6.45) is 5.75. The van der Waals surface area contributed by atoms with Crippen molar-refractivity contribution >= 4 is 5.91 Å². The Balaban J connectivity index is 2.11. The summed E-state index contributed by atoms with van der Waals surface area (Å²) < 4.78 is 0. The van der Waals surface area contributed by atoms with Gasteiger partial charge < -0.3 is 16.0 Å². The standard InChI is InChI=1S/C11H20N4O/c1-9(4-5-12)2-3-11(16)14-7-10-6-13-8-15-10/h6,8-9H,2-5,7,12H2,1H3,(H,13,15)(H,14,16). The summed E-state index contributed by atoms with van der Waals surface area (Å²) in [6, 6.07) is 0. The minimum Gasteiger partial charge on any atom is -0.350 e. The minimum absolute atomic E-state index is 0.0819. The van der Waals surface area contributed by atoms with Crippen LogP contribution < -0.4 is 11.1 Å². The molecule has 0 bridgehead atoms. The number of hydrogen-bond acceptors (Lipinski definition) is 3. The summed E-state index contributed by atoms with van der Waals surface area (Å²) in [7, 11) is 0. The van der Waals surface area contributed by atoms with Crippen molar-refractivity contribution in [3.8, 4) is 0 Å². The van der Waals surface area contributed by atoms with Crippen LogP contribution in [0.2, 0.25) is 0 Å². The van der Waals surface area contributed by atoms with Gasteiger partial charge in [-0.2, -0.15) is 0 Å². The first kappa shape index (κ1) is 12.7. The molecule has 5 nitrogen and oxygen atoms in total. The van der Waals surface area contributed by atoms with E-state index in [9.17, 15) is 4.79 Å². The van der Waals surface area contributed by atoms with Gasteiger partial charge in [0.2, 0.25) is 5.91 Å². The van der Waals surface area contributed by atoms with Gasteiger partial charge in [0.1, 0.15) is 0 Å². The predicted molar refractivity (Wildman–Crippen MR) is 62.5 cm³/mol. The maximum Gasteiger partial charge on any atom is 0.220 e. The molecule has 1 amide bonds. The molecule has 4 N–H and O–H groups in total. The number of carbonyl (C=O) groups is 1. The Kier molecular flexibility index (Phi) is 5.56. The van der Waals surface area contributed by atoms with Crippen molar-refractivity contribution in [2.45, 2.75) is 32.7 Å². The maximum absolute atomic E-state index is 11.5. The Bertz CT molecular complexity index is 297. The molecule has 0 saturated heterocycles. The maximum atomic E-state index is 11.5. The van der Waals surface area contributed by atoms with E-state index in [4.69, 9.17) is 5.73 Å². The molecule has 1 aromatic rings. The van der Waals surface area contributed by atoms with E-state index < -0.39 is 0 Å². The Hall–Kier alpha value is -1.36. The summed E-state index contributed by atoms with van der Waals surface area (Å²) in [6.45, 7) is 3.33. The first-order valence-electron chi connectivity index (χ1n) is 5.66. The van der Waals surface area contributed by atoms with Crippen LogP contribution in [0.15, 0.2) is 12.5 Å². The van der Waals surface area contributed by atoms with E-state index in [0.29, 0.717) is 25.4 Å². The molecule has 5 heteroatoms. The minimum atomic E-state index is 0.0819. The van der Waals surface area contributed by atoms with Gasteiger partial charge >= 0.3 is 0 Å². The number of nitrogens with zero attached hydrogens (tertiary/aromatic N) is 1. The average molecular weight is 224 g/mol. The number of imidazole rings is 1. The van der Waals surface area contributed by atoms with Crippen LogP contribution in [0.1, 0.15) is 31.9 Å². The van der Waals surface area contributed by atoms with Crippen LogP contribution in [0.25, 0.3) is 0 Å². The van der Waals surface area contributed by atoms with Crippen molar-refractivity contribution in [1.29, 1.82) is 0 Å². The van der Waals surface area contributed by atoms with Gasteiger partial charge in [-0.25, -0.2) is 4.98 Å². The molecule has 0 fully saturated rings. The molecule has 1 atom stereocenters. The number of aromatic nitrogens is 2. The molecule has 1 heterocycles. The largest absolute Gasteiger partial charge is 0.350 e. The molecule has 0 radical (unpaired) electrons. The predicted octanol–water partition coefficient (Wildman–Crippen LogP) is 0.791. The normalized spacial score (nSPS) is 12.4. The average Bonchev–Trinajstić information content (AvgIpc) is 2.77. The van der Waals surface area contributed by atoms with E-state index in [1.807, 2.05) is 0 Å². The third kappa shape index (κ3) is 4.93. The number of amides is 1. The highest BCUT2D eigenvalue weighted by Crippen LogP contribution is 2.08. The summed E-state index contributed by atoms with van der Waals surface area (Å²) in [5.41, 5.74) is 6.37. The lowest BCUT2D eigenvalue weighted by molar-refractivity contribution is -0.121. The summed E-state index contributed by atoms with van der Waals surface area (Å²) in [5, 5.41) is 2.84. The molecule has 90 valence electrons. The zero-order valence-corrected chi connectivity index (χ0v) is 9.70. The van der Waals surface area contributed by atoms with E-state index in [1.54, 1.807) is 12.5 Å². The van der Waals surface area contributed by atoms with Gasteiger partial charge in [-0.3, -0.25) is 4.79 Å². The van der Waals surface area contributed by atoms with Gasteiger partial charge in [-0.1, -0.05) is 6.92 Å². The topological polar surface area (TPSA) is 83.8 Å². The third-order valence-electron chi connectivity index (χ3n) is 2.55. The summed E-state index contributed by atoms with van der Waals surface area (Å²) >= 11 is 0. The zero-order valence-electron chi connectivity index (χ0n) is 9.70. The van der Waals surface area contributed by atoms with Gasteiger partial charge in [0, 0.05) is 12.6 Å². The Morgan fingerprint density at radius 1 is 1.62 bits per heavy atom. The van der Waals surface area contributed by atoms with Crippen molar-refractivity contribution < 1.29 is 4.79 Å². The molecule has 0 aliphatic heterocycles. The highest BCUT2D eigenvalue weighted by Gasteiger charge is 2.06. The fourth-order valence-corrected chi connectivity index (χ4v) is 1.47. The Labute approximate surface area is 95.8 Å². The van der Waals surface area contributed by atoms with Crippen LogP contribution in [0.4, 0.5) is 0 Å². The number of H-pyrrole nitrogens is 1. The molecule has 0 aliphatic rings. The fourth-order valence-electron chi connectivity index (χ4n) is 1.47. The van der Waals surface area contributed by atoms with Crippen LogP contribution in [0.3, 0.4) is 0 Å². The molecular weight excluding hydrogens is 204 g/mol. The lowest BCUT2D eigenvalue weighted by atomic mass is 10.0. The number of nitrogens with one attached hydrogen (secondary N) is 2. The molecule has 0 spiro atoms. The van der Waals surface area contributed by atoms with Crippen molar-refractivity contribution in [2.75, 3.05) is 6.54 Å². The zero-order chi connectivity index (χ0) is 11.8. The lowest BCUT2D eigenvalue weighted by Crippen LogP contribution is -2.23.